The summed E-state index contributed by atoms with van der Waals surface area (Å²) < 4.78 is 27.6. The Morgan fingerprint density at radius 2 is 1.94 bits per heavy atom. The van der Waals surface area contributed by atoms with Crippen LogP contribution in [0.1, 0.15) is 19.8 Å². The SMILES string of the molecule is CC1(C2CC2)CN(c2c(F)cccc2F)CCN1. The Labute approximate surface area is 106 Å². The molecule has 1 aliphatic heterocycles. The Morgan fingerprint density at radius 3 is 2.56 bits per heavy atom. The van der Waals surface area contributed by atoms with Gasteiger partial charge < -0.3 is 10.2 Å². The predicted octanol–water partition coefficient (Wildman–Crippen LogP) is 2.54. The highest BCUT2D eigenvalue weighted by Crippen LogP contribution is 2.41. The monoisotopic (exact) mass is 252 g/mol. The van der Waals surface area contributed by atoms with Gasteiger partial charge in [0.15, 0.2) is 0 Å². The van der Waals surface area contributed by atoms with Crippen molar-refractivity contribution < 1.29 is 8.78 Å². The van der Waals surface area contributed by atoms with Crippen LogP contribution in [0.5, 0.6) is 0 Å². The lowest BCUT2D eigenvalue weighted by Gasteiger charge is -2.43. The van der Waals surface area contributed by atoms with Crippen molar-refractivity contribution in [3.8, 4) is 0 Å². The van der Waals surface area contributed by atoms with Crippen molar-refractivity contribution in [1.29, 1.82) is 0 Å². The van der Waals surface area contributed by atoms with Crippen molar-refractivity contribution in [2.75, 3.05) is 24.5 Å². The molecule has 1 heterocycles. The Morgan fingerprint density at radius 1 is 1.28 bits per heavy atom. The molecule has 2 aliphatic rings. The molecule has 1 unspecified atom stereocenters. The lowest BCUT2D eigenvalue weighted by atomic mass is 9.92. The van der Waals surface area contributed by atoms with Gasteiger partial charge in [-0.2, -0.15) is 0 Å². The molecule has 0 radical (unpaired) electrons. The fourth-order valence-electron chi connectivity index (χ4n) is 2.98. The largest absolute Gasteiger partial charge is 0.364 e. The van der Waals surface area contributed by atoms with Crippen molar-refractivity contribution in [3.63, 3.8) is 0 Å². The minimum atomic E-state index is -0.463. The number of piperazine rings is 1. The molecule has 1 saturated carbocycles. The fourth-order valence-corrected chi connectivity index (χ4v) is 2.98. The van der Waals surface area contributed by atoms with E-state index in [4.69, 9.17) is 0 Å². The third-order valence-corrected chi connectivity index (χ3v) is 4.16. The van der Waals surface area contributed by atoms with Crippen LogP contribution in [0.2, 0.25) is 0 Å². The molecular weight excluding hydrogens is 234 g/mol. The zero-order valence-corrected chi connectivity index (χ0v) is 10.5. The van der Waals surface area contributed by atoms with Gasteiger partial charge in [0, 0.05) is 25.2 Å². The Hall–Kier alpha value is -1.16. The molecule has 2 nitrogen and oxygen atoms in total. The van der Waals surface area contributed by atoms with Gasteiger partial charge in [0.25, 0.3) is 0 Å². The number of rotatable bonds is 2. The average molecular weight is 252 g/mol. The van der Waals surface area contributed by atoms with Crippen LogP contribution in [0, 0.1) is 17.6 Å². The highest BCUT2D eigenvalue weighted by Gasteiger charge is 2.44. The average Bonchev–Trinajstić information content (AvgIpc) is 3.13. The molecule has 1 aromatic rings. The highest BCUT2D eigenvalue weighted by molar-refractivity contribution is 5.50. The Bertz CT molecular complexity index is 439. The first-order valence-electron chi connectivity index (χ1n) is 6.54. The van der Waals surface area contributed by atoms with E-state index < -0.39 is 11.6 Å². The molecule has 4 heteroatoms. The third kappa shape index (κ3) is 1.99. The zero-order chi connectivity index (χ0) is 12.8. The second kappa shape index (κ2) is 4.19. The first-order valence-corrected chi connectivity index (χ1v) is 6.54. The molecule has 0 aromatic heterocycles. The van der Waals surface area contributed by atoms with Crippen molar-refractivity contribution in [2.45, 2.75) is 25.3 Å². The van der Waals surface area contributed by atoms with E-state index in [1.165, 1.54) is 31.0 Å². The molecule has 0 amide bonds. The van der Waals surface area contributed by atoms with E-state index in [2.05, 4.69) is 12.2 Å². The van der Waals surface area contributed by atoms with Gasteiger partial charge in [0.1, 0.15) is 17.3 Å². The summed E-state index contributed by atoms with van der Waals surface area (Å²) in [4.78, 5) is 1.85. The van der Waals surface area contributed by atoms with Gasteiger partial charge in [-0.3, -0.25) is 0 Å². The van der Waals surface area contributed by atoms with Gasteiger partial charge in [0.2, 0.25) is 0 Å². The van der Waals surface area contributed by atoms with E-state index in [0.717, 1.165) is 6.54 Å². The zero-order valence-electron chi connectivity index (χ0n) is 10.5. The van der Waals surface area contributed by atoms with Crippen LogP contribution in [-0.4, -0.2) is 25.2 Å². The number of hydrogen-bond acceptors (Lipinski definition) is 2. The molecule has 1 N–H and O–H groups in total. The number of halogens is 2. The second-order valence-electron chi connectivity index (χ2n) is 5.61. The summed E-state index contributed by atoms with van der Waals surface area (Å²) in [6, 6.07) is 4.07. The number of nitrogens with zero attached hydrogens (tertiary/aromatic N) is 1. The minimum Gasteiger partial charge on any atom is -0.364 e. The number of anilines is 1. The van der Waals surface area contributed by atoms with Crippen LogP contribution >= 0.6 is 0 Å². The van der Waals surface area contributed by atoms with Crippen LogP contribution in [-0.2, 0) is 0 Å². The van der Waals surface area contributed by atoms with E-state index in [9.17, 15) is 8.78 Å². The Balaban J connectivity index is 1.88. The van der Waals surface area contributed by atoms with E-state index in [-0.39, 0.29) is 11.2 Å². The molecule has 98 valence electrons. The molecule has 3 rings (SSSR count). The number of para-hydroxylation sites is 1. The second-order valence-corrected chi connectivity index (χ2v) is 5.61. The maximum atomic E-state index is 13.8. The van der Waals surface area contributed by atoms with Crippen LogP contribution in [0.15, 0.2) is 18.2 Å². The smallest absolute Gasteiger partial charge is 0.149 e. The summed E-state index contributed by atoms with van der Waals surface area (Å²) in [5.41, 5.74) is 0.123. The summed E-state index contributed by atoms with van der Waals surface area (Å²) in [5.74, 6) is -0.278. The van der Waals surface area contributed by atoms with E-state index >= 15 is 0 Å². The van der Waals surface area contributed by atoms with Gasteiger partial charge in [-0.1, -0.05) is 6.07 Å². The van der Waals surface area contributed by atoms with Crippen molar-refractivity contribution in [2.24, 2.45) is 5.92 Å². The number of nitrogens with one attached hydrogen (secondary N) is 1. The maximum absolute atomic E-state index is 13.8. The topological polar surface area (TPSA) is 15.3 Å². The summed E-state index contributed by atoms with van der Waals surface area (Å²) in [7, 11) is 0. The summed E-state index contributed by atoms with van der Waals surface area (Å²) in [6.07, 6.45) is 2.44. The summed E-state index contributed by atoms with van der Waals surface area (Å²) in [5, 5.41) is 3.51. The van der Waals surface area contributed by atoms with Gasteiger partial charge in [-0.25, -0.2) is 8.78 Å². The molecule has 1 saturated heterocycles. The predicted molar refractivity (Wildman–Crippen MR) is 67.7 cm³/mol. The van der Waals surface area contributed by atoms with Gasteiger partial charge in [-0.15, -0.1) is 0 Å². The molecule has 0 spiro atoms. The van der Waals surface area contributed by atoms with E-state index in [1.807, 2.05) is 4.90 Å². The van der Waals surface area contributed by atoms with E-state index in [0.29, 0.717) is 19.0 Å². The standard InChI is InChI=1S/C14H18F2N2/c1-14(10-5-6-10)9-18(8-7-17-14)13-11(15)3-2-4-12(13)16/h2-4,10,17H,5-9H2,1H3. The maximum Gasteiger partial charge on any atom is 0.149 e. The van der Waals surface area contributed by atoms with Crippen LogP contribution < -0.4 is 10.2 Å². The molecule has 1 aromatic carbocycles. The molecule has 18 heavy (non-hydrogen) atoms. The van der Waals surface area contributed by atoms with Crippen molar-refractivity contribution in [1.82, 2.24) is 5.32 Å². The van der Waals surface area contributed by atoms with Crippen molar-refractivity contribution in [3.05, 3.63) is 29.8 Å². The van der Waals surface area contributed by atoms with Gasteiger partial charge >= 0.3 is 0 Å². The minimum absolute atomic E-state index is 0.00697. The first kappa shape index (κ1) is 11.9. The number of hydrogen-bond donors (Lipinski definition) is 1. The lowest BCUT2D eigenvalue weighted by Crippen LogP contribution is -2.60. The first-order chi connectivity index (χ1) is 8.60. The molecular formula is C14H18F2N2. The highest BCUT2D eigenvalue weighted by atomic mass is 19.1. The molecule has 1 atom stereocenters. The quantitative estimate of drug-likeness (QED) is 0.870. The third-order valence-electron chi connectivity index (χ3n) is 4.16. The molecule has 2 fully saturated rings. The van der Waals surface area contributed by atoms with E-state index in [1.54, 1.807) is 0 Å². The Kier molecular flexibility index (Phi) is 2.77. The summed E-state index contributed by atoms with van der Waals surface area (Å²) >= 11 is 0. The fraction of sp³-hybridized carbons (Fsp3) is 0.571. The molecule has 0 bridgehead atoms. The normalized spacial score (nSPS) is 28.5. The van der Waals surface area contributed by atoms with Crippen LogP contribution in [0.4, 0.5) is 14.5 Å². The van der Waals surface area contributed by atoms with Crippen LogP contribution in [0.25, 0.3) is 0 Å². The summed E-state index contributed by atoms with van der Waals surface area (Å²) in [6.45, 7) is 4.27. The van der Waals surface area contributed by atoms with Crippen molar-refractivity contribution >= 4 is 5.69 Å². The number of benzene rings is 1. The molecule has 1 aliphatic carbocycles. The van der Waals surface area contributed by atoms with Gasteiger partial charge in [0.05, 0.1) is 0 Å². The van der Waals surface area contributed by atoms with Crippen LogP contribution in [0.3, 0.4) is 0 Å². The lowest BCUT2D eigenvalue weighted by molar-refractivity contribution is 0.283. The van der Waals surface area contributed by atoms with Gasteiger partial charge in [-0.05, 0) is 37.8 Å².